The zero-order chi connectivity index (χ0) is 27.0. The van der Waals surface area contributed by atoms with E-state index in [2.05, 4.69) is 4.90 Å². The van der Waals surface area contributed by atoms with Crippen molar-refractivity contribution in [2.75, 3.05) is 13.1 Å². The Kier molecular flexibility index (Phi) is 7.25. The lowest BCUT2D eigenvalue weighted by molar-refractivity contribution is 0.205. The van der Waals surface area contributed by atoms with Gasteiger partial charge in [-0.15, -0.1) is 0 Å². The number of rotatable bonds is 6. The minimum absolute atomic E-state index is 0.270. The van der Waals surface area contributed by atoms with Crippen molar-refractivity contribution < 1.29 is 8.42 Å². The van der Waals surface area contributed by atoms with Crippen molar-refractivity contribution in [1.82, 2.24) is 8.87 Å². The largest absolute Gasteiger partial charge is 0.299 e. The molecule has 1 fully saturated rings. The summed E-state index contributed by atoms with van der Waals surface area (Å²) in [5.41, 5.74) is 4.34. The summed E-state index contributed by atoms with van der Waals surface area (Å²) in [6.45, 7) is 2.38. The normalized spacial score (nSPS) is 15.1. The first-order chi connectivity index (χ1) is 18.9. The number of benzene rings is 4. The van der Waals surface area contributed by atoms with Gasteiger partial charge in [0, 0.05) is 27.5 Å². The molecular formula is C32H28Cl2N2O2S. The maximum Gasteiger partial charge on any atom is 0.268 e. The van der Waals surface area contributed by atoms with Gasteiger partial charge in [-0.3, -0.25) is 4.90 Å². The second-order valence-electron chi connectivity index (χ2n) is 9.98. The first-order valence-corrected chi connectivity index (χ1v) is 15.3. The minimum atomic E-state index is -3.85. The molecule has 0 saturated carbocycles. The van der Waals surface area contributed by atoms with E-state index in [1.54, 1.807) is 28.2 Å². The van der Waals surface area contributed by atoms with Crippen LogP contribution in [0.5, 0.6) is 0 Å². The van der Waals surface area contributed by atoms with E-state index in [9.17, 15) is 8.42 Å². The molecule has 5 aromatic rings. The van der Waals surface area contributed by atoms with Crippen LogP contribution in [0.4, 0.5) is 0 Å². The fourth-order valence-electron chi connectivity index (χ4n) is 5.78. The zero-order valence-electron chi connectivity index (χ0n) is 21.3. The Morgan fingerprint density at radius 3 is 1.97 bits per heavy atom. The van der Waals surface area contributed by atoms with E-state index in [-0.39, 0.29) is 4.90 Å². The Morgan fingerprint density at radius 2 is 1.31 bits per heavy atom. The number of hydrogen-bond donors (Lipinski definition) is 0. The molecule has 4 aromatic carbocycles. The fraction of sp³-hybridized carbons (Fsp3) is 0.188. The Labute approximate surface area is 239 Å². The molecule has 0 unspecified atom stereocenters. The summed E-state index contributed by atoms with van der Waals surface area (Å²) in [5.74, 6) is 0.302. The fourth-order valence-corrected chi connectivity index (χ4v) is 8.07. The molecule has 7 heteroatoms. The average molecular weight is 576 g/mol. The van der Waals surface area contributed by atoms with Gasteiger partial charge < -0.3 is 0 Å². The second-order valence-corrected chi connectivity index (χ2v) is 12.6. The highest BCUT2D eigenvalue weighted by Gasteiger charge is 2.30. The molecule has 1 aromatic heterocycles. The summed E-state index contributed by atoms with van der Waals surface area (Å²) >= 11 is 13.0. The Hall–Kier alpha value is -3.09. The molecule has 2 heterocycles. The first-order valence-electron chi connectivity index (χ1n) is 13.1. The van der Waals surface area contributed by atoms with Crippen molar-refractivity contribution in [3.63, 3.8) is 0 Å². The van der Waals surface area contributed by atoms with E-state index in [4.69, 9.17) is 23.2 Å². The van der Waals surface area contributed by atoms with Crippen molar-refractivity contribution in [3.8, 4) is 11.3 Å². The zero-order valence-corrected chi connectivity index (χ0v) is 23.6. The molecule has 0 amide bonds. The lowest BCUT2D eigenvalue weighted by Crippen LogP contribution is -2.32. The summed E-state index contributed by atoms with van der Waals surface area (Å²) in [5, 5.41) is 2.40. The van der Waals surface area contributed by atoms with Crippen LogP contribution in [0.15, 0.2) is 108 Å². The van der Waals surface area contributed by atoms with Crippen molar-refractivity contribution in [2.24, 2.45) is 0 Å². The molecule has 0 radical (unpaired) electrons. The van der Waals surface area contributed by atoms with E-state index >= 15 is 0 Å². The molecule has 0 spiro atoms. The van der Waals surface area contributed by atoms with Crippen LogP contribution in [0.3, 0.4) is 0 Å². The third-order valence-electron chi connectivity index (χ3n) is 7.64. The Morgan fingerprint density at radius 1 is 0.718 bits per heavy atom. The van der Waals surface area contributed by atoms with Gasteiger partial charge in [0.15, 0.2) is 0 Å². The molecule has 1 aliphatic rings. The number of piperidine rings is 1. The van der Waals surface area contributed by atoms with Crippen LogP contribution in [0, 0.1) is 0 Å². The van der Waals surface area contributed by atoms with Crippen LogP contribution >= 0.6 is 23.2 Å². The van der Waals surface area contributed by atoms with Gasteiger partial charge in [0.2, 0.25) is 0 Å². The number of halogens is 2. The van der Waals surface area contributed by atoms with Crippen LogP contribution in [0.25, 0.3) is 22.2 Å². The Balaban J connectivity index is 1.43. The van der Waals surface area contributed by atoms with Gasteiger partial charge in [0.1, 0.15) is 0 Å². The van der Waals surface area contributed by atoms with Crippen molar-refractivity contribution in [3.05, 3.63) is 124 Å². The predicted octanol–water partition coefficient (Wildman–Crippen LogP) is 8.23. The highest BCUT2D eigenvalue weighted by Crippen LogP contribution is 2.40. The van der Waals surface area contributed by atoms with Crippen molar-refractivity contribution in [2.45, 2.75) is 30.2 Å². The number of para-hydroxylation sites is 1. The van der Waals surface area contributed by atoms with Crippen LogP contribution < -0.4 is 0 Å². The maximum atomic E-state index is 14.1. The number of hydrogen-bond acceptors (Lipinski definition) is 3. The van der Waals surface area contributed by atoms with Crippen LogP contribution in [0.1, 0.15) is 29.9 Å². The Bertz CT molecular complexity index is 1710. The summed E-state index contributed by atoms with van der Waals surface area (Å²) in [7, 11) is -3.85. The summed E-state index contributed by atoms with van der Waals surface area (Å²) < 4.78 is 29.8. The van der Waals surface area contributed by atoms with E-state index in [0.717, 1.165) is 63.7 Å². The number of likely N-dealkylation sites (tertiary alicyclic amines) is 1. The van der Waals surface area contributed by atoms with Gasteiger partial charge in [-0.25, -0.2) is 12.4 Å². The average Bonchev–Trinajstić information content (AvgIpc) is 3.29. The molecule has 1 aliphatic heterocycles. The van der Waals surface area contributed by atoms with Crippen LogP contribution in [-0.2, 0) is 16.6 Å². The summed E-state index contributed by atoms with van der Waals surface area (Å²) in [6.07, 6.45) is 1.87. The van der Waals surface area contributed by atoms with E-state index < -0.39 is 10.0 Å². The molecule has 0 atom stereocenters. The molecule has 0 N–H and O–H groups in total. The monoisotopic (exact) mass is 574 g/mol. The molecule has 0 bridgehead atoms. The quantitative estimate of drug-likeness (QED) is 0.205. The van der Waals surface area contributed by atoms with Gasteiger partial charge in [0.25, 0.3) is 10.0 Å². The number of nitrogens with zero attached hydrogens (tertiary/aromatic N) is 2. The standard InChI is InChI=1S/C32H28Cl2N2O2S/c33-28-15-9-16-29(34)31(28)23-18-20-35(21-19-23)22-27-26-14-7-8-17-30(26)36(32(27)24-10-3-1-4-11-24)39(37,38)25-12-5-2-6-13-25/h1-17,23H,18-22H2. The molecule has 1 saturated heterocycles. The third kappa shape index (κ3) is 4.89. The van der Waals surface area contributed by atoms with Crippen LogP contribution in [-0.4, -0.2) is 30.4 Å². The predicted molar refractivity (Wildman–Crippen MR) is 160 cm³/mol. The van der Waals surface area contributed by atoms with E-state index in [0.29, 0.717) is 18.0 Å². The topological polar surface area (TPSA) is 42.3 Å². The van der Waals surface area contributed by atoms with E-state index in [1.807, 2.05) is 78.9 Å². The molecule has 198 valence electrons. The second kappa shape index (κ2) is 10.8. The van der Waals surface area contributed by atoms with Gasteiger partial charge >= 0.3 is 0 Å². The highest BCUT2D eigenvalue weighted by molar-refractivity contribution is 7.90. The molecular weight excluding hydrogens is 547 g/mol. The van der Waals surface area contributed by atoms with Gasteiger partial charge in [0.05, 0.1) is 16.1 Å². The van der Waals surface area contributed by atoms with Crippen molar-refractivity contribution in [1.29, 1.82) is 0 Å². The lowest BCUT2D eigenvalue weighted by Gasteiger charge is -2.33. The molecule has 39 heavy (non-hydrogen) atoms. The SMILES string of the molecule is O=S(=O)(c1ccccc1)n1c(-c2ccccc2)c(CN2CCC(c3c(Cl)cccc3Cl)CC2)c2ccccc21. The van der Waals surface area contributed by atoms with Crippen molar-refractivity contribution >= 4 is 44.1 Å². The maximum absolute atomic E-state index is 14.1. The lowest BCUT2D eigenvalue weighted by atomic mass is 9.89. The van der Waals surface area contributed by atoms with Crippen LogP contribution in [0.2, 0.25) is 10.0 Å². The number of fused-ring (bicyclic) bond motifs is 1. The van der Waals surface area contributed by atoms with Gasteiger partial charge in [-0.05, 0) is 73.3 Å². The van der Waals surface area contributed by atoms with E-state index in [1.165, 1.54) is 0 Å². The minimum Gasteiger partial charge on any atom is -0.299 e. The number of aromatic nitrogens is 1. The molecule has 6 rings (SSSR count). The third-order valence-corrected chi connectivity index (χ3v) is 10.0. The van der Waals surface area contributed by atoms with Gasteiger partial charge in [-0.1, -0.05) is 96.0 Å². The summed E-state index contributed by atoms with van der Waals surface area (Å²) in [4.78, 5) is 2.68. The highest BCUT2D eigenvalue weighted by atomic mass is 35.5. The molecule has 0 aliphatic carbocycles. The molecule has 4 nitrogen and oxygen atoms in total. The summed E-state index contributed by atoms with van der Waals surface area (Å²) in [6, 6.07) is 32.0. The first kappa shape index (κ1) is 26.1. The van der Waals surface area contributed by atoms with Gasteiger partial charge in [-0.2, -0.15) is 0 Å². The smallest absolute Gasteiger partial charge is 0.268 e.